The zero-order valence-electron chi connectivity index (χ0n) is 16.5. The number of primary amides is 1. The van der Waals surface area contributed by atoms with Crippen LogP contribution in [0, 0.1) is 11.6 Å². The van der Waals surface area contributed by atoms with Crippen molar-refractivity contribution >= 4 is 23.7 Å². The molecule has 162 valence electrons. The Labute approximate surface area is 175 Å². The summed E-state index contributed by atoms with van der Waals surface area (Å²) in [7, 11) is 1.11. The fourth-order valence-electron chi connectivity index (χ4n) is 3.09. The first kappa shape index (κ1) is 21.9. The maximum Gasteiger partial charge on any atom is 0.341 e. The third-order valence-electron chi connectivity index (χ3n) is 4.97. The summed E-state index contributed by atoms with van der Waals surface area (Å²) in [6.07, 6.45) is 0.657. The molecular weight excluding hydrogens is 412 g/mol. The standard InChI is InChI=1S/C21H19F2N3O5/c1-31-19(29)16-13(3-2-4-14(16)22)11-5-6-12(15(23)9-11)10-25-20(30)21(7-8-21)26-18(28)17(24)27/h2-6,9H,7-8,10H2,1H3,(H2,24,27)(H,25,30)(H,26,28). The molecule has 3 rings (SSSR count). The quantitative estimate of drug-likeness (QED) is 0.467. The second kappa shape index (κ2) is 8.50. The van der Waals surface area contributed by atoms with Crippen molar-refractivity contribution in [1.29, 1.82) is 0 Å². The van der Waals surface area contributed by atoms with Crippen LogP contribution in [-0.2, 0) is 25.7 Å². The van der Waals surface area contributed by atoms with Gasteiger partial charge < -0.3 is 21.1 Å². The number of rotatable bonds is 6. The molecule has 0 heterocycles. The Morgan fingerprint density at radius 2 is 1.81 bits per heavy atom. The molecule has 0 bridgehead atoms. The Kier molecular flexibility index (Phi) is 6.00. The van der Waals surface area contributed by atoms with Crippen LogP contribution in [-0.4, -0.2) is 36.3 Å². The minimum atomic E-state index is -1.22. The van der Waals surface area contributed by atoms with Gasteiger partial charge in [-0.25, -0.2) is 13.6 Å². The third kappa shape index (κ3) is 4.52. The number of hydrogen-bond donors (Lipinski definition) is 3. The second-order valence-corrected chi connectivity index (χ2v) is 7.04. The van der Waals surface area contributed by atoms with E-state index in [1.807, 2.05) is 0 Å². The van der Waals surface area contributed by atoms with Crippen LogP contribution in [0.2, 0.25) is 0 Å². The number of esters is 1. The third-order valence-corrected chi connectivity index (χ3v) is 4.97. The molecule has 1 aliphatic carbocycles. The Bertz CT molecular complexity index is 1080. The van der Waals surface area contributed by atoms with Gasteiger partial charge in [-0.3, -0.25) is 14.4 Å². The van der Waals surface area contributed by atoms with Gasteiger partial charge in [0, 0.05) is 12.1 Å². The summed E-state index contributed by atoms with van der Waals surface area (Å²) >= 11 is 0. The number of ether oxygens (including phenoxy) is 1. The van der Waals surface area contributed by atoms with Crippen molar-refractivity contribution in [1.82, 2.24) is 10.6 Å². The number of hydrogen-bond acceptors (Lipinski definition) is 5. The van der Waals surface area contributed by atoms with E-state index in [0.29, 0.717) is 12.8 Å². The second-order valence-electron chi connectivity index (χ2n) is 7.04. The molecule has 8 nitrogen and oxygen atoms in total. The zero-order valence-corrected chi connectivity index (χ0v) is 16.5. The number of carbonyl (C=O) groups is 4. The van der Waals surface area contributed by atoms with Gasteiger partial charge in [0.25, 0.3) is 0 Å². The van der Waals surface area contributed by atoms with Crippen LogP contribution in [0.25, 0.3) is 11.1 Å². The maximum absolute atomic E-state index is 14.6. The van der Waals surface area contributed by atoms with Crippen molar-refractivity contribution in [3.8, 4) is 11.1 Å². The van der Waals surface area contributed by atoms with Crippen molar-refractivity contribution in [3.05, 3.63) is 59.2 Å². The van der Waals surface area contributed by atoms with Crippen LogP contribution in [0.4, 0.5) is 8.78 Å². The number of nitrogens with one attached hydrogen (secondary N) is 2. The molecule has 0 atom stereocenters. The van der Waals surface area contributed by atoms with Crippen LogP contribution in [0.3, 0.4) is 0 Å². The monoisotopic (exact) mass is 431 g/mol. The normalized spacial score (nSPS) is 13.8. The number of amides is 3. The summed E-state index contributed by atoms with van der Waals surface area (Å²) in [5.41, 5.74) is 3.88. The number of nitrogens with two attached hydrogens (primary N) is 1. The number of halogens is 2. The van der Waals surface area contributed by atoms with Crippen molar-refractivity contribution in [2.75, 3.05) is 7.11 Å². The molecular formula is C21H19F2N3O5. The number of benzene rings is 2. The lowest BCUT2D eigenvalue weighted by atomic mass is 9.98. The fourth-order valence-corrected chi connectivity index (χ4v) is 3.09. The van der Waals surface area contributed by atoms with Crippen LogP contribution in [0.5, 0.6) is 0 Å². The largest absolute Gasteiger partial charge is 0.465 e. The van der Waals surface area contributed by atoms with Crippen LogP contribution in [0.1, 0.15) is 28.8 Å². The predicted molar refractivity (Wildman–Crippen MR) is 104 cm³/mol. The van der Waals surface area contributed by atoms with Crippen LogP contribution < -0.4 is 16.4 Å². The van der Waals surface area contributed by atoms with E-state index < -0.39 is 40.9 Å². The van der Waals surface area contributed by atoms with Crippen molar-refractivity contribution in [3.63, 3.8) is 0 Å². The summed E-state index contributed by atoms with van der Waals surface area (Å²) in [5, 5.41) is 4.79. The molecule has 10 heteroatoms. The van der Waals surface area contributed by atoms with E-state index in [2.05, 4.69) is 15.4 Å². The fraction of sp³-hybridized carbons (Fsp3) is 0.238. The molecule has 0 spiro atoms. The van der Waals surface area contributed by atoms with Crippen molar-refractivity contribution < 1.29 is 32.7 Å². The summed E-state index contributed by atoms with van der Waals surface area (Å²) < 4.78 is 33.4. The van der Waals surface area contributed by atoms with E-state index in [9.17, 15) is 28.0 Å². The maximum atomic E-state index is 14.6. The number of methoxy groups -OCH3 is 1. The molecule has 0 saturated heterocycles. The van der Waals surface area contributed by atoms with Gasteiger partial charge in [0.2, 0.25) is 5.91 Å². The first-order valence-electron chi connectivity index (χ1n) is 9.24. The smallest absolute Gasteiger partial charge is 0.341 e. The predicted octanol–water partition coefficient (Wildman–Crippen LogP) is 1.17. The van der Waals surface area contributed by atoms with Gasteiger partial charge in [0.15, 0.2) is 0 Å². The summed E-state index contributed by atoms with van der Waals surface area (Å²) in [6, 6.07) is 7.93. The molecule has 3 amide bonds. The Morgan fingerprint density at radius 1 is 1.10 bits per heavy atom. The van der Waals surface area contributed by atoms with E-state index >= 15 is 0 Å². The molecule has 2 aromatic rings. The lowest BCUT2D eigenvalue weighted by Crippen LogP contribution is -2.52. The van der Waals surface area contributed by atoms with E-state index in [1.165, 1.54) is 24.3 Å². The van der Waals surface area contributed by atoms with E-state index in [0.717, 1.165) is 19.2 Å². The Hall–Kier alpha value is -3.82. The molecule has 1 aliphatic rings. The summed E-state index contributed by atoms with van der Waals surface area (Å²) in [4.78, 5) is 46.6. The molecule has 2 aromatic carbocycles. The average molecular weight is 431 g/mol. The molecule has 0 aliphatic heterocycles. The Morgan fingerprint density at radius 3 is 2.39 bits per heavy atom. The Balaban J connectivity index is 1.75. The summed E-state index contributed by atoms with van der Waals surface area (Å²) in [5.74, 6) is -5.22. The zero-order chi connectivity index (χ0) is 22.8. The highest BCUT2D eigenvalue weighted by molar-refractivity contribution is 6.35. The van der Waals surface area contributed by atoms with E-state index in [4.69, 9.17) is 5.73 Å². The van der Waals surface area contributed by atoms with Crippen LogP contribution in [0.15, 0.2) is 36.4 Å². The van der Waals surface area contributed by atoms with Gasteiger partial charge in [0.1, 0.15) is 22.7 Å². The molecule has 1 fully saturated rings. The highest BCUT2D eigenvalue weighted by Crippen LogP contribution is 2.35. The van der Waals surface area contributed by atoms with E-state index in [1.54, 1.807) is 0 Å². The highest BCUT2D eigenvalue weighted by atomic mass is 19.1. The van der Waals surface area contributed by atoms with Crippen LogP contribution >= 0.6 is 0 Å². The minimum Gasteiger partial charge on any atom is -0.465 e. The van der Waals surface area contributed by atoms with Gasteiger partial charge in [-0.15, -0.1) is 0 Å². The van der Waals surface area contributed by atoms with Gasteiger partial charge in [-0.05, 0) is 36.1 Å². The molecule has 0 radical (unpaired) electrons. The molecule has 0 unspecified atom stereocenters. The lowest BCUT2D eigenvalue weighted by Gasteiger charge is -2.16. The SMILES string of the molecule is COC(=O)c1c(F)cccc1-c1ccc(CNC(=O)C2(NC(=O)C(N)=O)CC2)c(F)c1. The molecule has 0 aromatic heterocycles. The minimum absolute atomic E-state index is 0.130. The summed E-state index contributed by atoms with van der Waals surface area (Å²) in [6.45, 7) is -0.188. The average Bonchev–Trinajstić information content (AvgIpc) is 3.52. The highest BCUT2D eigenvalue weighted by Gasteiger charge is 2.51. The molecule has 1 saturated carbocycles. The number of carbonyl (C=O) groups excluding carboxylic acids is 4. The van der Waals surface area contributed by atoms with Gasteiger partial charge in [0.05, 0.1) is 7.11 Å². The van der Waals surface area contributed by atoms with Crippen molar-refractivity contribution in [2.24, 2.45) is 5.73 Å². The van der Waals surface area contributed by atoms with Gasteiger partial charge >= 0.3 is 17.8 Å². The van der Waals surface area contributed by atoms with Crippen molar-refractivity contribution in [2.45, 2.75) is 24.9 Å². The lowest BCUT2D eigenvalue weighted by molar-refractivity contribution is -0.139. The topological polar surface area (TPSA) is 128 Å². The van der Waals surface area contributed by atoms with E-state index in [-0.39, 0.29) is 28.8 Å². The first-order chi connectivity index (χ1) is 14.7. The molecule has 31 heavy (non-hydrogen) atoms. The first-order valence-corrected chi connectivity index (χ1v) is 9.24. The molecule has 4 N–H and O–H groups in total. The van der Waals surface area contributed by atoms with Gasteiger partial charge in [-0.1, -0.05) is 24.3 Å². The van der Waals surface area contributed by atoms with Gasteiger partial charge in [-0.2, -0.15) is 0 Å².